The minimum Gasteiger partial charge on any atom is -0.508 e. The lowest BCUT2D eigenvalue weighted by molar-refractivity contribution is -0.123. The molecule has 1 aliphatic rings. The molecule has 0 radical (unpaired) electrons. The van der Waals surface area contributed by atoms with Crippen molar-refractivity contribution in [2.24, 2.45) is 0 Å². The predicted molar refractivity (Wildman–Crippen MR) is 149 cm³/mol. The van der Waals surface area contributed by atoms with Gasteiger partial charge in [0.15, 0.2) is 5.78 Å². The SMILES string of the molecule is O=C(CSC1C(=O)N(c2ccccc2)C1c1ccc(-c2ccc(P(=O)(O)O)cc2)cc1O)c1ccc(F)cc1. The summed E-state index contributed by atoms with van der Waals surface area (Å²) in [5.74, 6) is -0.918. The van der Waals surface area contributed by atoms with Crippen molar-refractivity contribution in [1.82, 2.24) is 0 Å². The highest BCUT2D eigenvalue weighted by molar-refractivity contribution is 8.01. The van der Waals surface area contributed by atoms with Gasteiger partial charge >= 0.3 is 7.60 Å². The van der Waals surface area contributed by atoms with Crippen molar-refractivity contribution < 1.29 is 33.4 Å². The van der Waals surface area contributed by atoms with Crippen LogP contribution in [0.25, 0.3) is 11.1 Å². The summed E-state index contributed by atoms with van der Waals surface area (Å²) in [6.45, 7) is 0. The standard InChI is InChI=1S/C29H23FNO6PS/c30-21-11-6-19(7-12-21)26(33)17-39-28-27(31(29(28)34)22-4-2-1-3-5-22)24-15-10-20(16-25(24)32)18-8-13-23(14-9-18)38(35,36)37/h1-16,27-28,32H,17H2,(H2,35,36,37). The van der Waals surface area contributed by atoms with Crippen LogP contribution in [0.3, 0.4) is 0 Å². The zero-order valence-corrected chi connectivity index (χ0v) is 22.1. The molecule has 0 saturated carbocycles. The molecule has 0 bridgehead atoms. The Morgan fingerprint density at radius 3 is 2.15 bits per heavy atom. The zero-order chi connectivity index (χ0) is 27.7. The summed E-state index contributed by atoms with van der Waals surface area (Å²) in [5.41, 5.74) is 2.78. The van der Waals surface area contributed by atoms with Crippen LogP contribution >= 0.6 is 19.4 Å². The quantitative estimate of drug-likeness (QED) is 0.156. The van der Waals surface area contributed by atoms with Gasteiger partial charge in [0.2, 0.25) is 5.91 Å². The number of aromatic hydroxyl groups is 1. The smallest absolute Gasteiger partial charge is 0.356 e. The molecule has 0 aliphatic carbocycles. The zero-order valence-electron chi connectivity index (χ0n) is 20.3. The Hall–Kier alpha value is -3.75. The van der Waals surface area contributed by atoms with Crippen molar-refractivity contribution in [2.45, 2.75) is 11.3 Å². The first-order chi connectivity index (χ1) is 18.6. The second-order valence-corrected chi connectivity index (χ2v) is 11.7. The number of nitrogens with zero attached hydrogens (tertiary/aromatic N) is 1. The van der Waals surface area contributed by atoms with Gasteiger partial charge in [0.05, 0.1) is 17.1 Å². The molecule has 5 rings (SSSR count). The second kappa shape index (κ2) is 10.8. The fraction of sp³-hybridized carbons (Fsp3) is 0.103. The van der Waals surface area contributed by atoms with Crippen molar-refractivity contribution in [3.63, 3.8) is 0 Å². The van der Waals surface area contributed by atoms with Gasteiger partial charge in [-0.3, -0.25) is 14.2 Å². The van der Waals surface area contributed by atoms with Crippen molar-refractivity contribution in [3.05, 3.63) is 114 Å². The average Bonchev–Trinajstić information content (AvgIpc) is 2.92. The van der Waals surface area contributed by atoms with Gasteiger partial charge in [-0.2, -0.15) is 0 Å². The largest absolute Gasteiger partial charge is 0.508 e. The number of carbonyl (C=O) groups is 2. The van der Waals surface area contributed by atoms with E-state index in [1.165, 1.54) is 48.2 Å². The number of hydrogen-bond acceptors (Lipinski definition) is 5. The topological polar surface area (TPSA) is 115 Å². The van der Waals surface area contributed by atoms with Crippen molar-refractivity contribution >= 4 is 42.0 Å². The minimum atomic E-state index is -4.37. The van der Waals surface area contributed by atoms with Crippen LogP contribution in [-0.2, 0) is 9.36 Å². The number of ketones is 1. The van der Waals surface area contributed by atoms with Crippen molar-refractivity contribution in [3.8, 4) is 16.9 Å². The highest BCUT2D eigenvalue weighted by Gasteiger charge is 2.50. The van der Waals surface area contributed by atoms with Crippen molar-refractivity contribution in [2.75, 3.05) is 10.7 Å². The first-order valence-electron chi connectivity index (χ1n) is 11.9. The molecule has 10 heteroatoms. The predicted octanol–water partition coefficient (Wildman–Crippen LogP) is 5.07. The van der Waals surface area contributed by atoms with E-state index in [1.54, 1.807) is 47.4 Å². The molecule has 39 heavy (non-hydrogen) atoms. The number of thioether (sulfide) groups is 1. The number of β-lactam (4-membered cyclic amide) rings is 1. The number of carbonyl (C=O) groups excluding carboxylic acids is 2. The molecular weight excluding hydrogens is 540 g/mol. The Bertz CT molecular complexity index is 1570. The molecule has 1 fully saturated rings. The molecule has 1 aliphatic heterocycles. The molecule has 198 valence electrons. The van der Waals surface area contributed by atoms with Gasteiger partial charge in [0.1, 0.15) is 16.8 Å². The van der Waals surface area contributed by atoms with Gasteiger partial charge in [0.25, 0.3) is 0 Å². The average molecular weight is 564 g/mol. The number of anilines is 1. The molecule has 1 amide bonds. The molecule has 2 atom stereocenters. The van der Waals surface area contributed by atoms with E-state index in [-0.39, 0.29) is 28.5 Å². The number of hydrogen-bond donors (Lipinski definition) is 3. The van der Waals surface area contributed by atoms with E-state index in [1.807, 2.05) is 18.2 Å². The number of amides is 1. The molecule has 4 aromatic rings. The summed E-state index contributed by atoms with van der Waals surface area (Å²) in [4.78, 5) is 46.2. The maximum absolute atomic E-state index is 13.3. The van der Waals surface area contributed by atoms with Crippen LogP contribution in [0.2, 0.25) is 0 Å². The number of Topliss-reactive ketones (excluding diaryl/α,β-unsaturated/α-hetero) is 1. The third-order valence-corrected chi connectivity index (χ3v) is 8.74. The Labute approximate surface area is 228 Å². The molecule has 0 spiro atoms. The van der Waals surface area contributed by atoms with E-state index in [0.29, 0.717) is 27.9 Å². The van der Waals surface area contributed by atoms with Gasteiger partial charge in [-0.15, -0.1) is 11.8 Å². The van der Waals surface area contributed by atoms with E-state index in [2.05, 4.69) is 0 Å². The summed E-state index contributed by atoms with van der Waals surface area (Å²) in [6.07, 6.45) is 0. The lowest BCUT2D eigenvalue weighted by Crippen LogP contribution is -2.57. The van der Waals surface area contributed by atoms with Crippen molar-refractivity contribution in [1.29, 1.82) is 0 Å². The van der Waals surface area contributed by atoms with E-state index >= 15 is 0 Å². The molecule has 1 heterocycles. The summed E-state index contributed by atoms with van der Waals surface area (Å²) in [5, 5.41) is 10.3. The van der Waals surface area contributed by atoms with E-state index in [9.17, 15) is 33.4 Å². The second-order valence-electron chi connectivity index (χ2n) is 9.01. The van der Waals surface area contributed by atoms with Crippen LogP contribution < -0.4 is 10.2 Å². The van der Waals surface area contributed by atoms with Gasteiger partial charge in [-0.05, 0) is 65.7 Å². The maximum Gasteiger partial charge on any atom is 0.356 e. The van der Waals surface area contributed by atoms with Crippen LogP contribution in [0.4, 0.5) is 10.1 Å². The molecule has 4 aromatic carbocycles. The number of para-hydroxylation sites is 1. The van der Waals surface area contributed by atoms with Gasteiger partial charge in [-0.25, -0.2) is 4.39 Å². The van der Waals surface area contributed by atoms with E-state index in [4.69, 9.17) is 0 Å². The van der Waals surface area contributed by atoms with Gasteiger partial charge in [-0.1, -0.05) is 42.5 Å². The van der Waals surface area contributed by atoms with Crippen LogP contribution in [0.15, 0.2) is 97.1 Å². The maximum atomic E-state index is 13.3. The molecule has 7 nitrogen and oxygen atoms in total. The fourth-order valence-electron chi connectivity index (χ4n) is 4.51. The number of rotatable bonds is 8. The van der Waals surface area contributed by atoms with Crippen LogP contribution in [0.5, 0.6) is 5.75 Å². The Kier molecular flexibility index (Phi) is 7.42. The first kappa shape index (κ1) is 26.8. The molecular formula is C29H23FNO6PS. The number of phenolic OH excluding ortho intramolecular Hbond substituents is 1. The Morgan fingerprint density at radius 2 is 1.54 bits per heavy atom. The summed E-state index contributed by atoms with van der Waals surface area (Å²) < 4.78 is 24.7. The lowest BCUT2D eigenvalue weighted by atomic mass is 9.90. The Morgan fingerprint density at radius 1 is 0.897 bits per heavy atom. The van der Waals surface area contributed by atoms with Crippen LogP contribution in [0, 0.1) is 5.82 Å². The highest BCUT2D eigenvalue weighted by atomic mass is 32.2. The summed E-state index contributed by atoms with van der Waals surface area (Å²) >= 11 is 1.17. The highest BCUT2D eigenvalue weighted by Crippen LogP contribution is 2.48. The van der Waals surface area contributed by atoms with Crippen LogP contribution in [0.1, 0.15) is 22.0 Å². The third-order valence-electron chi connectivity index (χ3n) is 6.53. The fourth-order valence-corrected chi connectivity index (χ4v) is 6.25. The monoisotopic (exact) mass is 563 g/mol. The minimum absolute atomic E-state index is 0.00589. The van der Waals surface area contributed by atoms with E-state index in [0.717, 1.165) is 0 Å². The Balaban J connectivity index is 1.42. The van der Waals surface area contributed by atoms with Crippen LogP contribution in [-0.4, -0.2) is 37.6 Å². The molecule has 2 unspecified atom stereocenters. The summed E-state index contributed by atoms with van der Waals surface area (Å²) in [7, 11) is -4.37. The normalized spacial score (nSPS) is 17.1. The van der Waals surface area contributed by atoms with E-state index < -0.39 is 24.7 Å². The van der Waals surface area contributed by atoms with Gasteiger partial charge in [0, 0.05) is 16.8 Å². The third kappa shape index (κ3) is 5.53. The molecule has 0 aromatic heterocycles. The molecule has 3 N–H and O–H groups in total. The molecule has 1 saturated heterocycles. The number of phenols is 1. The lowest BCUT2D eigenvalue weighted by Gasteiger charge is -2.47. The summed E-state index contributed by atoms with van der Waals surface area (Å²) in [6, 6.07) is 24.6. The van der Waals surface area contributed by atoms with Gasteiger partial charge < -0.3 is 19.8 Å². The number of halogens is 1. The number of benzene rings is 4. The first-order valence-corrected chi connectivity index (χ1v) is 14.6.